The number of esters is 2. The van der Waals surface area contributed by atoms with Crippen LogP contribution in [0.4, 0.5) is 0 Å². The minimum absolute atomic E-state index is 0.116. The molecule has 1 saturated carbocycles. The lowest BCUT2D eigenvalue weighted by Crippen LogP contribution is -2.43. The van der Waals surface area contributed by atoms with E-state index in [9.17, 15) is 14.4 Å². The minimum Gasteiger partial charge on any atom is -0.468 e. The Morgan fingerprint density at radius 1 is 1.06 bits per heavy atom. The maximum atomic E-state index is 13.9. The van der Waals surface area contributed by atoms with E-state index in [0.717, 1.165) is 44.2 Å². The van der Waals surface area contributed by atoms with E-state index in [0.29, 0.717) is 40.3 Å². The second-order valence-corrected chi connectivity index (χ2v) is 10.2. The Labute approximate surface area is 211 Å². The summed E-state index contributed by atoms with van der Waals surface area (Å²) in [5.74, 6) is -1.99. The lowest BCUT2D eigenvalue weighted by molar-refractivity contribution is -0.151. The molecule has 0 amide bonds. The summed E-state index contributed by atoms with van der Waals surface area (Å²) >= 11 is 0. The number of hydrogen-bond acceptors (Lipinski definition) is 8. The van der Waals surface area contributed by atoms with E-state index in [1.165, 1.54) is 7.11 Å². The molecule has 1 N–H and O–H groups in total. The zero-order chi connectivity index (χ0) is 25.4. The molecule has 2 heterocycles. The number of carbonyl (C=O) groups excluding carboxylic acids is 3. The molecule has 4 aliphatic rings. The number of hydrogen-bond donors (Lipinski definition) is 1. The molecule has 0 saturated heterocycles. The molecule has 0 bridgehead atoms. The first-order chi connectivity index (χ1) is 17.4. The van der Waals surface area contributed by atoms with Gasteiger partial charge in [-0.25, -0.2) is 4.79 Å². The van der Waals surface area contributed by atoms with Gasteiger partial charge < -0.3 is 24.3 Å². The number of fused-ring (bicyclic) bond motifs is 1. The number of ketones is 1. The fourth-order valence-electron chi connectivity index (χ4n) is 5.95. The largest absolute Gasteiger partial charge is 0.468 e. The topological polar surface area (TPSA) is 100 Å². The van der Waals surface area contributed by atoms with Gasteiger partial charge in [0.25, 0.3) is 0 Å². The van der Waals surface area contributed by atoms with Gasteiger partial charge in [-0.15, -0.1) is 0 Å². The maximum absolute atomic E-state index is 13.9. The minimum atomic E-state index is -0.926. The van der Waals surface area contributed by atoms with Crippen LogP contribution in [0, 0.1) is 11.8 Å². The lowest BCUT2D eigenvalue weighted by atomic mass is 9.69. The van der Waals surface area contributed by atoms with Gasteiger partial charge >= 0.3 is 11.9 Å². The van der Waals surface area contributed by atoms with Crippen LogP contribution in [0.3, 0.4) is 0 Å². The summed E-state index contributed by atoms with van der Waals surface area (Å²) in [6.07, 6.45) is 6.40. The van der Waals surface area contributed by atoms with E-state index in [1.807, 2.05) is 26.0 Å². The first kappa shape index (κ1) is 24.4. The number of ether oxygens (including phenoxy) is 4. The van der Waals surface area contributed by atoms with Crippen LogP contribution < -0.4 is 14.8 Å². The smallest absolute Gasteiger partial charge is 0.337 e. The van der Waals surface area contributed by atoms with Crippen LogP contribution >= 0.6 is 0 Å². The number of dihydropyridines is 1. The van der Waals surface area contributed by atoms with Crippen molar-refractivity contribution in [2.24, 2.45) is 11.8 Å². The Morgan fingerprint density at radius 2 is 1.78 bits per heavy atom. The second kappa shape index (κ2) is 9.99. The summed E-state index contributed by atoms with van der Waals surface area (Å²) in [6.45, 7) is 3.83. The molecule has 0 aromatic heterocycles. The standard InChI is InChI=1S/C28H33NO7/c1-15-12-19-25(26(30)22(15)27(31)33-3)24(17-10-11-20-21(13-17)35-14-34-20)23(16(2)29-19)28(32)36-18-8-6-4-5-7-9-18/h10-11,13,15,18,22,24,29H,4-9,12,14H2,1-3H3/t15-,22+,24+/m0/s1. The molecule has 3 atom stereocenters. The van der Waals surface area contributed by atoms with Gasteiger partial charge in [0.05, 0.1) is 12.7 Å². The van der Waals surface area contributed by atoms with E-state index in [2.05, 4.69) is 5.32 Å². The Hall–Kier alpha value is -3.29. The molecule has 2 aliphatic carbocycles. The Balaban J connectivity index is 1.57. The first-order valence-electron chi connectivity index (χ1n) is 12.8. The van der Waals surface area contributed by atoms with Crippen LogP contribution in [0.1, 0.15) is 70.3 Å². The third kappa shape index (κ3) is 4.38. The number of allylic oxidation sites excluding steroid dienone is 3. The molecule has 8 heteroatoms. The van der Waals surface area contributed by atoms with Gasteiger partial charge in [-0.2, -0.15) is 0 Å². The van der Waals surface area contributed by atoms with E-state index in [1.54, 1.807) is 6.07 Å². The van der Waals surface area contributed by atoms with Crippen molar-refractivity contribution in [1.82, 2.24) is 5.32 Å². The molecule has 0 radical (unpaired) electrons. The van der Waals surface area contributed by atoms with Crippen LogP contribution in [-0.2, 0) is 23.9 Å². The molecule has 5 rings (SSSR count). The van der Waals surface area contributed by atoms with Crippen LogP contribution in [0.25, 0.3) is 0 Å². The first-order valence-corrected chi connectivity index (χ1v) is 12.8. The normalized spacial score (nSPS) is 26.2. The summed E-state index contributed by atoms with van der Waals surface area (Å²) < 4.78 is 22.1. The molecular weight excluding hydrogens is 462 g/mol. The van der Waals surface area contributed by atoms with Gasteiger partial charge in [-0.05, 0) is 62.6 Å². The van der Waals surface area contributed by atoms with Gasteiger partial charge in [-0.1, -0.05) is 25.8 Å². The van der Waals surface area contributed by atoms with Crippen LogP contribution in [0.2, 0.25) is 0 Å². The Morgan fingerprint density at radius 3 is 2.50 bits per heavy atom. The van der Waals surface area contributed by atoms with Crippen molar-refractivity contribution in [3.8, 4) is 11.5 Å². The predicted octanol–water partition coefficient (Wildman–Crippen LogP) is 4.29. The molecule has 1 fully saturated rings. The Kier molecular flexibility index (Phi) is 6.77. The molecule has 8 nitrogen and oxygen atoms in total. The quantitative estimate of drug-likeness (QED) is 0.375. The highest BCUT2D eigenvalue weighted by atomic mass is 16.7. The van der Waals surface area contributed by atoms with Gasteiger partial charge in [0.15, 0.2) is 17.3 Å². The van der Waals surface area contributed by atoms with Gasteiger partial charge in [0.2, 0.25) is 6.79 Å². The third-order valence-corrected chi connectivity index (χ3v) is 7.77. The maximum Gasteiger partial charge on any atom is 0.337 e. The average Bonchev–Trinajstić information content (AvgIpc) is 3.18. The fourth-order valence-corrected chi connectivity index (χ4v) is 5.95. The zero-order valence-corrected chi connectivity index (χ0v) is 21.1. The number of rotatable bonds is 4. The molecule has 2 aliphatic heterocycles. The summed E-state index contributed by atoms with van der Waals surface area (Å²) in [7, 11) is 1.29. The van der Waals surface area contributed by atoms with Crippen molar-refractivity contribution in [1.29, 1.82) is 0 Å². The molecule has 0 spiro atoms. The van der Waals surface area contributed by atoms with Gasteiger partial charge in [0, 0.05) is 22.9 Å². The number of nitrogens with one attached hydrogen (secondary N) is 1. The summed E-state index contributed by atoms with van der Waals surface area (Å²) in [6, 6.07) is 5.45. The van der Waals surface area contributed by atoms with Crippen LogP contribution in [0.5, 0.6) is 11.5 Å². The van der Waals surface area contributed by atoms with Gasteiger partial charge in [0.1, 0.15) is 12.0 Å². The van der Waals surface area contributed by atoms with Crippen molar-refractivity contribution in [3.63, 3.8) is 0 Å². The van der Waals surface area contributed by atoms with Crippen molar-refractivity contribution in [2.45, 2.75) is 70.8 Å². The fraction of sp³-hybridized carbons (Fsp3) is 0.536. The van der Waals surface area contributed by atoms with Crippen LogP contribution in [0.15, 0.2) is 40.7 Å². The summed E-state index contributed by atoms with van der Waals surface area (Å²) in [5.41, 5.74) is 2.92. The molecule has 36 heavy (non-hydrogen) atoms. The highest BCUT2D eigenvalue weighted by Gasteiger charge is 2.47. The van der Waals surface area contributed by atoms with E-state index in [4.69, 9.17) is 18.9 Å². The summed E-state index contributed by atoms with van der Waals surface area (Å²) in [4.78, 5) is 40.2. The molecular formula is C28H33NO7. The molecule has 0 unspecified atom stereocenters. The number of carbonyl (C=O) groups is 3. The second-order valence-electron chi connectivity index (χ2n) is 10.2. The highest BCUT2D eigenvalue weighted by molar-refractivity contribution is 6.12. The lowest BCUT2D eigenvalue weighted by Gasteiger charge is -2.38. The van der Waals surface area contributed by atoms with Crippen molar-refractivity contribution >= 4 is 17.7 Å². The molecule has 1 aromatic carbocycles. The summed E-state index contributed by atoms with van der Waals surface area (Å²) in [5, 5.41) is 3.32. The number of benzene rings is 1. The van der Waals surface area contributed by atoms with Crippen molar-refractivity contribution in [3.05, 3.63) is 46.3 Å². The highest BCUT2D eigenvalue weighted by Crippen LogP contribution is 2.47. The van der Waals surface area contributed by atoms with Gasteiger partial charge in [-0.3, -0.25) is 9.59 Å². The van der Waals surface area contributed by atoms with Crippen LogP contribution in [-0.4, -0.2) is 37.7 Å². The van der Waals surface area contributed by atoms with E-state index >= 15 is 0 Å². The number of Topliss-reactive ketones (excluding diaryl/α,β-unsaturated/α-hetero) is 1. The third-order valence-electron chi connectivity index (χ3n) is 7.77. The Bertz CT molecular complexity index is 1140. The SMILES string of the molecule is COC(=O)[C@H]1C(=O)C2=C(C[C@@H]1C)NC(C)=C(C(=O)OC1CCCCCC1)[C@H]2c1ccc2c(c1)OCO2. The monoisotopic (exact) mass is 495 g/mol. The number of methoxy groups -OCH3 is 1. The zero-order valence-electron chi connectivity index (χ0n) is 21.1. The van der Waals surface area contributed by atoms with E-state index < -0.39 is 23.8 Å². The average molecular weight is 496 g/mol. The molecule has 192 valence electrons. The van der Waals surface area contributed by atoms with Crippen molar-refractivity contribution in [2.75, 3.05) is 13.9 Å². The molecule has 1 aromatic rings. The van der Waals surface area contributed by atoms with Crippen molar-refractivity contribution < 1.29 is 33.3 Å². The predicted molar refractivity (Wildman–Crippen MR) is 130 cm³/mol. The van der Waals surface area contributed by atoms with E-state index in [-0.39, 0.29) is 24.6 Å².